The highest BCUT2D eigenvalue weighted by Gasteiger charge is 2.17. The number of rotatable bonds is 1. The predicted octanol–water partition coefficient (Wildman–Crippen LogP) is 2.82. The number of aryl methyl sites for hydroxylation is 1. The fourth-order valence-electron chi connectivity index (χ4n) is 2.99. The van der Waals surface area contributed by atoms with E-state index < -0.39 is 0 Å². The number of Topliss-reactive ketones (excluding diaryl/α,β-unsaturated/α-hetero) is 1. The maximum Gasteiger partial charge on any atom is 0.170 e. The zero-order valence-corrected chi connectivity index (χ0v) is 13.4. The number of anilines is 3. The lowest BCUT2D eigenvalue weighted by atomic mass is 10.0. The van der Waals surface area contributed by atoms with Gasteiger partial charge >= 0.3 is 0 Å². The van der Waals surface area contributed by atoms with Crippen LogP contribution < -0.4 is 10.6 Å². The maximum absolute atomic E-state index is 12.5. The van der Waals surface area contributed by atoms with Gasteiger partial charge < -0.3 is 10.6 Å². The summed E-state index contributed by atoms with van der Waals surface area (Å²) >= 11 is 0. The molecule has 0 spiro atoms. The summed E-state index contributed by atoms with van der Waals surface area (Å²) in [4.78, 5) is 21.4. The summed E-state index contributed by atoms with van der Waals surface area (Å²) in [5.41, 5.74) is 3.18. The minimum atomic E-state index is 0.0841. The number of hydrogen-bond donors (Lipinski definition) is 2. The van der Waals surface area contributed by atoms with Crippen LogP contribution in [0.2, 0.25) is 0 Å². The lowest BCUT2D eigenvalue weighted by Gasteiger charge is -2.10. The van der Waals surface area contributed by atoms with Crippen LogP contribution in [0.15, 0.2) is 30.7 Å². The Morgan fingerprint density at radius 2 is 2.04 bits per heavy atom. The molecule has 2 N–H and O–H groups in total. The summed E-state index contributed by atoms with van der Waals surface area (Å²) in [7, 11) is 1.82. The SMILES string of the molecule is CNc1cc2nc3c(cnn13)C(=O)CCCCc1cncc(c1)N2. The van der Waals surface area contributed by atoms with Crippen molar-refractivity contribution in [2.75, 3.05) is 17.7 Å². The topological polar surface area (TPSA) is 84.2 Å². The Balaban J connectivity index is 1.88. The highest BCUT2D eigenvalue weighted by Crippen LogP contribution is 2.24. The smallest absolute Gasteiger partial charge is 0.170 e. The molecule has 0 aromatic carbocycles. The zero-order chi connectivity index (χ0) is 16.5. The third-order valence-electron chi connectivity index (χ3n) is 4.21. The molecule has 0 aliphatic carbocycles. The number of nitrogens with one attached hydrogen (secondary N) is 2. The number of ketones is 1. The summed E-state index contributed by atoms with van der Waals surface area (Å²) in [5.74, 6) is 1.50. The molecule has 0 saturated heterocycles. The first kappa shape index (κ1) is 14.6. The number of fused-ring (bicyclic) bond motifs is 3. The summed E-state index contributed by atoms with van der Waals surface area (Å²) in [5, 5.41) is 10.7. The van der Waals surface area contributed by atoms with Crippen LogP contribution in [0.1, 0.15) is 35.2 Å². The maximum atomic E-state index is 12.5. The van der Waals surface area contributed by atoms with Gasteiger partial charge in [0.2, 0.25) is 0 Å². The molecular weight excluding hydrogens is 304 g/mol. The minimum absolute atomic E-state index is 0.0841. The van der Waals surface area contributed by atoms with E-state index in [1.807, 2.05) is 19.3 Å². The van der Waals surface area contributed by atoms with Crippen LogP contribution in [0, 0.1) is 0 Å². The van der Waals surface area contributed by atoms with Gasteiger partial charge in [-0.1, -0.05) is 0 Å². The second-order valence-corrected chi connectivity index (χ2v) is 5.91. The zero-order valence-electron chi connectivity index (χ0n) is 13.4. The first-order chi connectivity index (χ1) is 11.7. The normalized spacial score (nSPS) is 14.6. The van der Waals surface area contributed by atoms with Crippen LogP contribution in [0.25, 0.3) is 5.65 Å². The van der Waals surface area contributed by atoms with Crippen LogP contribution >= 0.6 is 0 Å². The van der Waals surface area contributed by atoms with E-state index in [1.165, 1.54) is 0 Å². The van der Waals surface area contributed by atoms with Crippen molar-refractivity contribution in [1.29, 1.82) is 0 Å². The van der Waals surface area contributed by atoms with Gasteiger partial charge in [-0.05, 0) is 30.9 Å². The highest BCUT2D eigenvalue weighted by atomic mass is 16.1. The van der Waals surface area contributed by atoms with Crippen LogP contribution in [0.3, 0.4) is 0 Å². The van der Waals surface area contributed by atoms with Gasteiger partial charge in [0.25, 0.3) is 0 Å². The molecule has 0 radical (unpaired) electrons. The summed E-state index contributed by atoms with van der Waals surface area (Å²) in [6.45, 7) is 0. The van der Waals surface area contributed by atoms with E-state index in [0.717, 1.165) is 36.3 Å². The van der Waals surface area contributed by atoms with E-state index >= 15 is 0 Å². The van der Waals surface area contributed by atoms with Gasteiger partial charge in [0.1, 0.15) is 11.6 Å². The van der Waals surface area contributed by atoms with E-state index in [1.54, 1.807) is 16.9 Å². The van der Waals surface area contributed by atoms with Gasteiger partial charge in [-0.15, -0.1) is 0 Å². The third kappa shape index (κ3) is 2.58. The second kappa shape index (κ2) is 5.92. The number of hydrogen-bond acceptors (Lipinski definition) is 6. The van der Waals surface area contributed by atoms with Crippen molar-refractivity contribution < 1.29 is 4.79 Å². The van der Waals surface area contributed by atoms with Crippen LogP contribution in [0.4, 0.5) is 17.3 Å². The molecule has 1 aliphatic rings. The Labute approximate surface area is 139 Å². The van der Waals surface area contributed by atoms with Gasteiger partial charge in [-0.3, -0.25) is 9.78 Å². The predicted molar refractivity (Wildman–Crippen MR) is 91.9 cm³/mol. The summed E-state index contributed by atoms with van der Waals surface area (Å²) in [6, 6.07) is 3.94. The van der Waals surface area contributed by atoms with E-state index in [4.69, 9.17) is 0 Å². The third-order valence-corrected chi connectivity index (χ3v) is 4.21. The van der Waals surface area contributed by atoms with Crippen molar-refractivity contribution in [2.24, 2.45) is 0 Å². The first-order valence-electron chi connectivity index (χ1n) is 8.05. The quantitative estimate of drug-likeness (QED) is 0.717. The highest BCUT2D eigenvalue weighted by molar-refractivity contribution is 6.01. The molecule has 0 saturated carbocycles. The van der Waals surface area contributed by atoms with E-state index in [2.05, 4.69) is 31.8 Å². The largest absolute Gasteiger partial charge is 0.373 e. The Kier molecular flexibility index (Phi) is 3.60. The Morgan fingerprint density at radius 1 is 1.17 bits per heavy atom. The monoisotopic (exact) mass is 322 g/mol. The summed E-state index contributed by atoms with van der Waals surface area (Å²) < 4.78 is 1.66. The van der Waals surface area contributed by atoms with Crippen molar-refractivity contribution in [1.82, 2.24) is 19.6 Å². The van der Waals surface area contributed by atoms with Crippen molar-refractivity contribution in [3.8, 4) is 0 Å². The summed E-state index contributed by atoms with van der Waals surface area (Å²) in [6.07, 6.45) is 8.46. The van der Waals surface area contributed by atoms with E-state index in [-0.39, 0.29) is 5.78 Å². The average molecular weight is 322 g/mol. The van der Waals surface area contributed by atoms with Crippen molar-refractivity contribution in [3.05, 3.63) is 41.9 Å². The Morgan fingerprint density at radius 3 is 2.92 bits per heavy atom. The first-order valence-corrected chi connectivity index (χ1v) is 8.05. The lowest BCUT2D eigenvalue weighted by Crippen LogP contribution is -2.05. The molecule has 0 fully saturated rings. The molecule has 1 aliphatic heterocycles. The molecule has 4 bridgehead atoms. The molecular formula is C17H18N6O. The van der Waals surface area contributed by atoms with Crippen molar-refractivity contribution >= 4 is 28.8 Å². The fourth-order valence-corrected chi connectivity index (χ4v) is 2.99. The Bertz CT molecular complexity index is 917. The Hall–Kier alpha value is -2.96. The molecule has 7 nitrogen and oxygen atoms in total. The van der Waals surface area contributed by atoms with Gasteiger partial charge in [0.15, 0.2) is 11.4 Å². The van der Waals surface area contributed by atoms with Crippen LogP contribution in [0.5, 0.6) is 0 Å². The number of carbonyl (C=O) groups excluding carboxylic acids is 1. The van der Waals surface area contributed by atoms with Crippen molar-refractivity contribution in [2.45, 2.75) is 25.7 Å². The average Bonchev–Trinajstić information content (AvgIpc) is 3.01. The molecule has 4 heterocycles. The molecule has 4 rings (SSSR count). The number of pyridine rings is 1. The molecule has 24 heavy (non-hydrogen) atoms. The molecule has 0 atom stereocenters. The number of nitrogens with zero attached hydrogens (tertiary/aromatic N) is 4. The van der Waals surface area contributed by atoms with E-state index in [9.17, 15) is 4.79 Å². The molecule has 122 valence electrons. The van der Waals surface area contributed by atoms with Gasteiger partial charge in [0.05, 0.1) is 23.6 Å². The molecule has 7 heteroatoms. The minimum Gasteiger partial charge on any atom is -0.373 e. The second-order valence-electron chi connectivity index (χ2n) is 5.91. The number of carbonyl (C=O) groups is 1. The van der Waals surface area contributed by atoms with Crippen molar-refractivity contribution in [3.63, 3.8) is 0 Å². The fraction of sp³-hybridized carbons (Fsp3) is 0.294. The standard InChI is InChI=1S/C17H18N6O/c1-18-16-7-15-21-12-6-11(8-19-9-12)4-2-3-5-14(24)13-10-20-23(16)17(13)22-15/h6-10,18H,2-5H2,1H3,(H,21,22). The van der Waals surface area contributed by atoms with Crippen LogP contribution in [-0.2, 0) is 6.42 Å². The van der Waals surface area contributed by atoms with Gasteiger partial charge in [-0.25, -0.2) is 4.98 Å². The van der Waals surface area contributed by atoms with Gasteiger partial charge in [-0.2, -0.15) is 9.61 Å². The molecule has 0 amide bonds. The van der Waals surface area contributed by atoms with Crippen LogP contribution in [-0.4, -0.2) is 32.4 Å². The molecule has 3 aromatic rings. The lowest BCUT2D eigenvalue weighted by molar-refractivity contribution is 0.0981. The van der Waals surface area contributed by atoms with E-state index in [0.29, 0.717) is 23.4 Å². The molecule has 0 unspecified atom stereocenters. The number of aromatic nitrogens is 4. The molecule has 3 aromatic heterocycles. The van der Waals surface area contributed by atoms with Gasteiger partial charge in [0, 0.05) is 25.7 Å².